The fourth-order valence-electron chi connectivity index (χ4n) is 3.61. The summed E-state index contributed by atoms with van der Waals surface area (Å²) >= 11 is 0. The minimum atomic E-state index is -2.94. The number of carbonyl (C=O) groups excluding carboxylic acids is 1. The first kappa shape index (κ1) is 21.0. The van der Waals surface area contributed by atoms with Crippen LogP contribution in [0.1, 0.15) is 24.0 Å². The number of benzene rings is 2. The summed E-state index contributed by atoms with van der Waals surface area (Å²) in [5.74, 6) is 0.0857. The number of amides is 1. The van der Waals surface area contributed by atoms with Crippen molar-refractivity contribution in [3.8, 4) is 11.5 Å². The number of hydrogen-bond donors (Lipinski definition) is 1. The molecule has 1 heterocycles. The monoisotopic (exact) mass is 404 g/mol. The predicted molar refractivity (Wildman–Crippen MR) is 106 cm³/mol. The second-order valence-electron chi connectivity index (χ2n) is 7.14. The van der Waals surface area contributed by atoms with Gasteiger partial charge in [0.1, 0.15) is 0 Å². The molecule has 1 atom stereocenters. The molecule has 0 aromatic heterocycles. The predicted octanol–water partition coefficient (Wildman–Crippen LogP) is 3.83. The fourth-order valence-corrected chi connectivity index (χ4v) is 3.61. The molecule has 0 aliphatic carbocycles. The number of carbonyl (C=O) groups is 1. The summed E-state index contributed by atoms with van der Waals surface area (Å²) in [6.45, 7) is -0.171. The molecule has 1 unspecified atom stereocenters. The lowest BCUT2D eigenvalue weighted by molar-refractivity contribution is -0.127. The van der Waals surface area contributed by atoms with Crippen molar-refractivity contribution in [2.24, 2.45) is 5.92 Å². The van der Waals surface area contributed by atoms with E-state index >= 15 is 0 Å². The number of ether oxygens (including phenoxy) is 2. The molecule has 3 rings (SSSR count). The maximum Gasteiger partial charge on any atom is 0.387 e. The molecule has 1 saturated heterocycles. The van der Waals surface area contributed by atoms with E-state index in [1.807, 2.05) is 18.2 Å². The van der Waals surface area contributed by atoms with Gasteiger partial charge in [0.15, 0.2) is 11.5 Å². The van der Waals surface area contributed by atoms with Crippen LogP contribution in [0, 0.1) is 5.92 Å². The van der Waals surface area contributed by atoms with E-state index in [1.54, 1.807) is 12.1 Å². The Balaban J connectivity index is 1.54. The maximum absolute atomic E-state index is 12.6. The first-order valence-corrected chi connectivity index (χ1v) is 9.71. The number of methoxy groups -OCH3 is 1. The van der Waals surface area contributed by atoms with Crippen molar-refractivity contribution >= 4 is 5.91 Å². The summed E-state index contributed by atoms with van der Waals surface area (Å²) in [5, 5.41) is 2.92. The molecule has 5 nitrogen and oxygen atoms in total. The van der Waals surface area contributed by atoms with Crippen molar-refractivity contribution < 1.29 is 23.0 Å². The molecule has 2 aromatic rings. The zero-order valence-electron chi connectivity index (χ0n) is 16.4. The third kappa shape index (κ3) is 6.15. The standard InChI is InChI=1S/C22H26F2N2O3/c1-28-19-10-9-17(12-20(19)29-22(23)24)13-25-21(27)18-8-5-11-26(15-18)14-16-6-3-2-4-7-16/h2-4,6-7,9-10,12,18,22H,5,8,11,13-15H2,1H3,(H,25,27). The Morgan fingerprint density at radius 2 is 1.97 bits per heavy atom. The summed E-state index contributed by atoms with van der Waals surface area (Å²) in [5.41, 5.74) is 1.91. The van der Waals surface area contributed by atoms with Gasteiger partial charge in [-0.1, -0.05) is 36.4 Å². The molecule has 1 fully saturated rings. The van der Waals surface area contributed by atoms with Crippen molar-refractivity contribution in [3.63, 3.8) is 0 Å². The highest BCUT2D eigenvalue weighted by Crippen LogP contribution is 2.29. The third-order valence-electron chi connectivity index (χ3n) is 5.04. The normalized spacial score (nSPS) is 17.2. The van der Waals surface area contributed by atoms with Crippen LogP contribution in [0.25, 0.3) is 0 Å². The number of nitrogens with zero attached hydrogens (tertiary/aromatic N) is 1. The number of hydrogen-bond acceptors (Lipinski definition) is 4. The SMILES string of the molecule is COc1ccc(CNC(=O)C2CCCN(Cc3ccccc3)C2)cc1OC(F)F. The smallest absolute Gasteiger partial charge is 0.387 e. The van der Waals surface area contributed by atoms with Crippen LogP contribution in [0.15, 0.2) is 48.5 Å². The van der Waals surface area contributed by atoms with E-state index in [9.17, 15) is 13.6 Å². The van der Waals surface area contributed by atoms with Gasteiger partial charge in [0.2, 0.25) is 5.91 Å². The number of alkyl halides is 2. The van der Waals surface area contributed by atoms with Crippen LogP contribution in [0.3, 0.4) is 0 Å². The van der Waals surface area contributed by atoms with Crippen LogP contribution in [0.4, 0.5) is 8.78 Å². The van der Waals surface area contributed by atoms with Crippen molar-refractivity contribution in [2.45, 2.75) is 32.5 Å². The van der Waals surface area contributed by atoms with Crippen molar-refractivity contribution in [3.05, 3.63) is 59.7 Å². The molecule has 0 spiro atoms. The lowest BCUT2D eigenvalue weighted by Crippen LogP contribution is -2.42. The molecule has 1 aliphatic heterocycles. The minimum Gasteiger partial charge on any atom is -0.493 e. The first-order chi connectivity index (χ1) is 14.0. The molecule has 7 heteroatoms. The summed E-state index contributed by atoms with van der Waals surface area (Å²) in [6.07, 6.45) is 1.82. The molecule has 0 bridgehead atoms. The average Bonchev–Trinajstić information content (AvgIpc) is 2.72. The van der Waals surface area contributed by atoms with Gasteiger partial charge in [-0.3, -0.25) is 9.69 Å². The van der Waals surface area contributed by atoms with Crippen molar-refractivity contribution in [1.82, 2.24) is 10.2 Å². The number of rotatable bonds is 8. The zero-order valence-corrected chi connectivity index (χ0v) is 16.4. The Hall–Kier alpha value is -2.67. The Kier molecular flexibility index (Phi) is 7.41. The van der Waals surface area contributed by atoms with E-state index in [1.165, 1.54) is 18.7 Å². The first-order valence-electron chi connectivity index (χ1n) is 9.71. The van der Waals surface area contributed by atoms with Gasteiger partial charge in [-0.2, -0.15) is 8.78 Å². The Labute approximate surface area is 169 Å². The molecular weight excluding hydrogens is 378 g/mol. The minimum absolute atomic E-state index is 0.0186. The number of piperidine rings is 1. The molecule has 156 valence electrons. The van der Waals surface area contributed by atoms with Crippen molar-refractivity contribution in [2.75, 3.05) is 20.2 Å². The summed E-state index contributed by atoms with van der Waals surface area (Å²) < 4.78 is 34.7. The number of nitrogens with one attached hydrogen (secondary N) is 1. The Morgan fingerprint density at radius 1 is 1.17 bits per heavy atom. The van der Waals surface area contributed by atoms with Gasteiger partial charge in [-0.05, 0) is 42.6 Å². The quantitative estimate of drug-likeness (QED) is 0.727. The molecule has 0 saturated carbocycles. The van der Waals surface area contributed by atoms with Crippen LogP contribution >= 0.6 is 0 Å². The van der Waals surface area contributed by atoms with E-state index < -0.39 is 6.61 Å². The molecule has 2 aromatic carbocycles. The lowest BCUT2D eigenvalue weighted by Gasteiger charge is -2.32. The summed E-state index contributed by atoms with van der Waals surface area (Å²) in [4.78, 5) is 14.9. The molecule has 0 radical (unpaired) electrons. The van der Waals surface area contributed by atoms with Gasteiger partial charge in [0, 0.05) is 19.6 Å². The second kappa shape index (κ2) is 10.2. The van der Waals surface area contributed by atoms with Gasteiger partial charge in [0.25, 0.3) is 0 Å². The van der Waals surface area contributed by atoms with Crippen LogP contribution in [0.2, 0.25) is 0 Å². The largest absolute Gasteiger partial charge is 0.493 e. The van der Waals surface area contributed by atoms with E-state index in [4.69, 9.17) is 4.74 Å². The zero-order chi connectivity index (χ0) is 20.6. The van der Waals surface area contributed by atoms with Gasteiger partial charge in [0.05, 0.1) is 13.0 Å². The van der Waals surface area contributed by atoms with E-state index in [0.29, 0.717) is 12.1 Å². The van der Waals surface area contributed by atoms with Gasteiger partial charge < -0.3 is 14.8 Å². The highest BCUT2D eigenvalue weighted by atomic mass is 19.3. The van der Waals surface area contributed by atoms with Crippen LogP contribution in [-0.2, 0) is 17.9 Å². The molecular formula is C22H26F2N2O3. The molecule has 29 heavy (non-hydrogen) atoms. The Morgan fingerprint density at radius 3 is 2.69 bits per heavy atom. The van der Waals surface area contributed by atoms with Crippen LogP contribution in [-0.4, -0.2) is 37.6 Å². The van der Waals surface area contributed by atoms with E-state index in [0.717, 1.165) is 25.9 Å². The van der Waals surface area contributed by atoms with Gasteiger partial charge >= 0.3 is 6.61 Å². The molecule has 1 amide bonds. The summed E-state index contributed by atoms with van der Waals surface area (Å²) in [7, 11) is 1.39. The van der Waals surface area contributed by atoms with Crippen molar-refractivity contribution in [1.29, 1.82) is 0 Å². The fraction of sp³-hybridized carbons (Fsp3) is 0.409. The van der Waals surface area contributed by atoms with E-state index in [-0.39, 0.29) is 29.9 Å². The number of halogens is 2. The molecule has 1 aliphatic rings. The van der Waals surface area contributed by atoms with Gasteiger partial charge in [-0.25, -0.2) is 0 Å². The third-order valence-corrected chi connectivity index (χ3v) is 5.04. The maximum atomic E-state index is 12.6. The van der Waals surface area contributed by atoms with Crippen LogP contribution in [0.5, 0.6) is 11.5 Å². The molecule has 1 N–H and O–H groups in total. The topological polar surface area (TPSA) is 50.8 Å². The van der Waals surface area contributed by atoms with E-state index in [2.05, 4.69) is 27.1 Å². The highest BCUT2D eigenvalue weighted by molar-refractivity contribution is 5.79. The average molecular weight is 404 g/mol. The Bertz CT molecular complexity index is 802. The second-order valence-corrected chi connectivity index (χ2v) is 7.14. The highest BCUT2D eigenvalue weighted by Gasteiger charge is 2.25. The lowest BCUT2D eigenvalue weighted by atomic mass is 9.96. The number of likely N-dealkylation sites (tertiary alicyclic amines) is 1. The van der Waals surface area contributed by atoms with Crippen LogP contribution < -0.4 is 14.8 Å². The summed E-state index contributed by atoms with van der Waals surface area (Å²) in [6, 6.07) is 15.0. The van der Waals surface area contributed by atoms with Gasteiger partial charge in [-0.15, -0.1) is 0 Å².